The van der Waals surface area contributed by atoms with E-state index in [2.05, 4.69) is 25.2 Å². The summed E-state index contributed by atoms with van der Waals surface area (Å²) in [5.74, 6) is -0.769. The Hall–Kier alpha value is -1.35. The van der Waals surface area contributed by atoms with Crippen molar-refractivity contribution in [1.29, 1.82) is 0 Å². The van der Waals surface area contributed by atoms with Gasteiger partial charge in [0.05, 0.1) is 6.10 Å². The topological polar surface area (TPSA) is 57.5 Å². The molecule has 0 rings (SSSR count). The minimum Gasteiger partial charge on any atom is -0.481 e. The first-order chi connectivity index (χ1) is 10.2. The normalized spacial score (nSPS) is 13.6. The summed E-state index contributed by atoms with van der Waals surface area (Å²) in [6.07, 6.45) is 19.6. The second kappa shape index (κ2) is 15.0. The lowest BCUT2D eigenvalue weighted by molar-refractivity contribution is -0.137. The molecule has 1 atom stereocenters. The number of aliphatic hydroxyl groups excluding tert-OH is 1. The third kappa shape index (κ3) is 16.6. The average molecular weight is 294 g/mol. The minimum atomic E-state index is -0.769. The molecule has 0 aromatic rings. The fourth-order valence-corrected chi connectivity index (χ4v) is 1.84. The summed E-state index contributed by atoms with van der Waals surface area (Å²) in [6, 6.07) is 0. The maximum Gasteiger partial charge on any atom is 0.303 e. The lowest BCUT2D eigenvalue weighted by Gasteiger charge is -2.00. The Bertz CT molecular complexity index is 329. The molecular formula is C18H30O3. The third-order valence-electron chi connectivity index (χ3n) is 3.08. The van der Waals surface area contributed by atoms with Gasteiger partial charge in [-0.15, -0.1) is 0 Å². The van der Waals surface area contributed by atoms with Crippen LogP contribution in [0.2, 0.25) is 0 Å². The molecule has 2 N–H and O–H groups in total. The second-order valence-corrected chi connectivity index (χ2v) is 5.19. The van der Waals surface area contributed by atoms with E-state index in [1.807, 2.05) is 12.2 Å². The van der Waals surface area contributed by atoms with Gasteiger partial charge in [-0.2, -0.15) is 0 Å². The van der Waals surface area contributed by atoms with E-state index in [4.69, 9.17) is 5.11 Å². The zero-order chi connectivity index (χ0) is 15.8. The van der Waals surface area contributed by atoms with Gasteiger partial charge in [0, 0.05) is 6.42 Å². The van der Waals surface area contributed by atoms with Crippen LogP contribution in [0.1, 0.15) is 64.7 Å². The molecule has 0 spiro atoms. The van der Waals surface area contributed by atoms with Crippen molar-refractivity contribution >= 4 is 5.97 Å². The van der Waals surface area contributed by atoms with Gasteiger partial charge in [-0.1, -0.05) is 56.2 Å². The van der Waals surface area contributed by atoms with Gasteiger partial charge in [0.25, 0.3) is 0 Å². The van der Waals surface area contributed by atoms with E-state index < -0.39 is 12.1 Å². The van der Waals surface area contributed by atoms with Crippen molar-refractivity contribution in [2.75, 3.05) is 0 Å². The van der Waals surface area contributed by atoms with Crippen LogP contribution < -0.4 is 0 Å². The number of rotatable bonds is 13. The molecule has 21 heavy (non-hydrogen) atoms. The highest BCUT2D eigenvalue weighted by atomic mass is 16.4. The zero-order valence-corrected chi connectivity index (χ0v) is 13.2. The van der Waals surface area contributed by atoms with Crippen molar-refractivity contribution in [3.63, 3.8) is 0 Å². The molecule has 0 fully saturated rings. The number of unbranched alkanes of at least 4 members (excludes halogenated alkanes) is 4. The Balaban J connectivity index is 3.54. The van der Waals surface area contributed by atoms with Crippen LogP contribution in [-0.2, 0) is 4.79 Å². The summed E-state index contributed by atoms with van der Waals surface area (Å²) < 4.78 is 0. The summed E-state index contributed by atoms with van der Waals surface area (Å²) in [4.78, 5) is 10.3. The first kappa shape index (κ1) is 19.7. The molecule has 0 aromatic heterocycles. The van der Waals surface area contributed by atoms with E-state index in [9.17, 15) is 9.90 Å². The molecule has 0 radical (unpaired) electrons. The van der Waals surface area contributed by atoms with E-state index in [0.717, 1.165) is 12.8 Å². The average Bonchev–Trinajstić information content (AvgIpc) is 2.45. The molecule has 0 saturated heterocycles. The van der Waals surface area contributed by atoms with Crippen molar-refractivity contribution in [3.05, 3.63) is 36.5 Å². The summed E-state index contributed by atoms with van der Waals surface area (Å²) in [5, 5.41) is 18.2. The molecule has 0 aliphatic heterocycles. The van der Waals surface area contributed by atoms with E-state index in [0.29, 0.717) is 19.3 Å². The van der Waals surface area contributed by atoms with Crippen molar-refractivity contribution in [2.24, 2.45) is 0 Å². The molecule has 1 unspecified atom stereocenters. The van der Waals surface area contributed by atoms with Crippen LogP contribution in [0.3, 0.4) is 0 Å². The van der Waals surface area contributed by atoms with Gasteiger partial charge in [0.1, 0.15) is 0 Å². The molecule has 3 heteroatoms. The minimum absolute atomic E-state index is 0.185. The Morgan fingerprint density at radius 1 is 1.00 bits per heavy atom. The fraction of sp³-hybridized carbons (Fsp3) is 0.611. The fourth-order valence-electron chi connectivity index (χ4n) is 1.84. The quantitative estimate of drug-likeness (QED) is 0.384. The molecule has 120 valence electrons. The molecule has 0 aliphatic carbocycles. The highest BCUT2D eigenvalue weighted by Gasteiger charge is 1.96. The number of allylic oxidation sites excluding steroid dienone is 4. The number of carboxylic acids is 1. The molecule has 0 amide bonds. The maximum atomic E-state index is 10.3. The highest BCUT2D eigenvalue weighted by molar-refractivity contribution is 5.66. The Morgan fingerprint density at radius 2 is 1.71 bits per heavy atom. The third-order valence-corrected chi connectivity index (χ3v) is 3.08. The van der Waals surface area contributed by atoms with Gasteiger partial charge in [-0.25, -0.2) is 0 Å². The monoisotopic (exact) mass is 294 g/mol. The Morgan fingerprint density at radius 3 is 2.43 bits per heavy atom. The molecule has 0 saturated carbocycles. The van der Waals surface area contributed by atoms with Gasteiger partial charge in [-0.05, 0) is 38.5 Å². The molecular weight excluding hydrogens is 264 g/mol. The highest BCUT2D eigenvalue weighted by Crippen LogP contribution is 2.03. The first-order valence-corrected chi connectivity index (χ1v) is 8.03. The van der Waals surface area contributed by atoms with Gasteiger partial charge in [0.15, 0.2) is 0 Å². The van der Waals surface area contributed by atoms with Crippen molar-refractivity contribution in [3.8, 4) is 0 Å². The number of aliphatic hydroxyl groups is 1. The van der Waals surface area contributed by atoms with Crippen LogP contribution in [0.4, 0.5) is 0 Å². The molecule has 0 aromatic carbocycles. The lowest BCUT2D eigenvalue weighted by Crippen LogP contribution is -1.99. The van der Waals surface area contributed by atoms with E-state index in [1.165, 1.54) is 19.3 Å². The number of carbonyl (C=O) groups is 1. The SMILES string of the molecule is CCCCCC=CCC=CCC(O)C=CCCCC(=O)O. The van der Waals surface area contributed by atoms with Gasteiger partial charge in [-0.3, -0.25) is 4.79 Å². The van der Waals surface area contributed by atoms with Crippen LogP contribution in [0.15, 0.2) is 36.5 Å². The van der Waals surface area contributed by atoms with E-state index in [-0.39, 0.29) is 6.42 Å². The largest absolute Gasteiger partial charge is 0.481 e. The van der Waals surface area contributed by atoms with Crippen molar-refractivity contribution in [2.45, 2.75) is 70.8 Å². The Kier molecular flexibility index (Phi) is 14.1. The predicted octanol–water partition coefficient (Wildman–Crippen LogP) is 4.63. The van der Waals surface area contributed by atoms with Gasteiger partial charge < -0.3 is 10.2 Å². The van der Waals surface area contributed by atoms with E-state index in [1.54, 1.807) is 6.08 Å². The van der Waals surface area contributed by atoms with Crippen LogP contribution in [-0.4, -0.2) is 22.3 Å². The van der Waals surface area contributed by atoms with E-state index >= 15 is 0 Å². The van der Waals surface area contributed by atoms with Crippen LogP contribution in [0.5, 0.6) is 0 Å². The first-order valence-electron chi connectivity index (χ1n) is 8.03. The molecule has 0 heterocycles. The second-order valence-electron chi connectivity index (χ2n) is 5.19. The van der Waals surface area contributed by atoms with Crippen LogP contribution >= 0.6 is 0 Å². The lowest BCUT2D eigenvalue weighted by atomic mass is 10.1. The molecule has 3 nitrogen and oxygen atoms in total. The van der Waals surface area contributed by atoms with Crippen molar-refractivity contribution in [1.82, 2.24) is 0 Å². The summed E-state index contributed by atoms with van der Waals surface area (Å²) >= 11 is 0. The van der Waals surface area contributed by atoms with Gasteiger partial charge in [0.2, 0.25) is 0 Å². The predicted molar refractivity (Wildman–Crippen MR) is 88.3 cm³/mol. The smallest absolute Gasteiger partial charge is 0.303 e. The number of aliphatic carboxylic acids is 1. The van der Waals surface area contributed by atoms with Crippen molar-refractivity contribution < 1.29 is 15.0 Å². The summed E-state index contributed by atoms with van der Waals surface area (Å²) in [6.45, 7) is 2.21. The van der Waals surface area contributed by atoms with Crippen LogP contribution in [0, 0.1) is 0 Å². The standard InChI is InChI=1S/C18H30O3/c1-2-3-4-5-6-7-8-9-11-14-17(19)15-12-10-13-16-18(20)21/h6-7,9,11-12,15,17,19H,2-5,8,10,13-14,16H2,1H3,(H,20,21). The Labute approximate surface area is 129 Å². The maximum absolute atomic E-state index is 10.3. The molecule has 0 aliphatic rings. The number of carboxylic acid groups (broad SMARTS) is 1. The summed E-state index contributed by atoms with van der Waals surface area (Å²) in [7, 11) is 0. The summed E-state index contributed by atoms with van der Waals surface area (Å²) in [5.41, 5.74) is 0. The number of hydrogen-bond acceptors (Lipinski definition) is 2. The van der Waals surface area contributed by atoms with Crippen LogP contribution in [0.25, 0.3) is 0 Å². The number of hydrogen-bond donors (Lipinski definition) is 2. The molecule has 0 bridgehead atoms. The zero-order valence-electron chi connectivity index (χ0n) is 13.2. The van der Waals surface area contributed by atoms with Gasteiger partial charge >= 0.3 is 5.97 Å².